The number of hydrogen-bond acceptors (Lipinski definition) is 2. The Hall–Kier alpha value is -0.350. The van der Waals surface area contributed by atoms with Crippen molar-refractivity contribution in [3.05, 3.63) is 0 Å². The van der Waals surface area contributed by atoms with E-state index in [1.165, 1.54) is 6.42 Å². The molecule has 1 rings (SSSR count). The number of thiocarbonyl (C=S) groups is 1. The van der Waals surface area contributed by atoms with Crippen LogP contribution >= 0.6 is 12.2 Å². The highest BCUT2D eigenvalue weighted by molar-refractivity contribution is 7.80. The third-order valence-corrected chi connectivity index (χ3v) is 3.88. The van der Waals surface area contributed by atoms with E-state index in [2.05, 4.69) is 42.8 Å². The molecule has 100 valence electrons. The van der Waals surface area contributed by atoms with Crippen LogP contribution < -0.4 is 5.32 Å². The molecule has 0 amide bonds. The summed E-state index contributed by atoms with van der Waals surface area (Å²) >= 11 is 5.42. The fraction of sp³-hybridized carbons (Fsp3) is 0.923. The lowest BCUT2D eigenvalue weighted by molar-refractivity contribution is 0.137. The van der Waals surface area contributed by atoms with Gasteiger partial charge in [0.2, 0.25) is 0 Å². The molecule has 1 heterocycles. The van der Waals surface area contributed by atoms with Crippen LogP contribution in [0, 0.1) is 5.92 Å². The van der Waals surface area contributed by atoms with Crippen molar-refractivity contribution in [2.24, 2.45) is 5.92 Å². The van der Waals surface area contributed by atoms with Crippen LogP contribution in [0.2, 0.25) is 0 Å². The lowest BCUT2D eigenvalue weighted by atomic mass is 10.2. The van der Waals surface area contributed by atoms with Crippen LogP contribution in [0.1, 0.15) is 34.1 Å². The maximum Gasteiger partial charge on any atom is 0.169 e. The predicted octanol–water partition coefficient (Wildman–Crippen LogP) is 1.93. The fourth-order valence-electron chi connectivity index (χ4n) is 2.03. The van der Waals surface area contributed by atoms with Crippen LogP contribution in [0.5, 0.6) is 0 Å². The Balaban J connectivity index is 2.28. The van der Waals surface area contributed by atoms with Gasteiger partial charge in [0.15, 0.2) is 5.11 Å². The van der Waals surface area contributed by atoms with Crippen molar-refractivity contribution in [2.45, 2.75) is 40.2 Å². The van der Waals surface area contributed by atoms with Crippen molar-refractivity contribution in [3.63, 3.8) is 0 Å². The summed E-state index contributed by atoms with van der Waals surface area (Å²) in [6.07, 6.45) is 1.23. The van der Waals surface area contributed by atoms with Crippen molar-refractivity contribution >= 4 is 17.3 Å². The second-order valence-electron chi connectivity index (χ2n) is 5.36. The zero-order chi connectivity index (χ0) is 12.8. The fourth-order valence-corrected chi connectivity index (χ4v) is 2.29. The Morgan fingerprint density at radius 1 is 1.18 bits per heavy atom. The van der Waals surface area contributed by atoms with E-state index in [-0.39, 0.29) is 0 Å². The molecule has 0 radical (unpaired) electrons. The summed E-state index contributed by atoms with van der Waals surface area (Å²) in [5, 5.41) is 4.28. The average Bonchev–Trinajstić information content (AvgIpc) is 2.35. The molecule has 0 aromatic heterocycles. The molecular formula is C13H27N3S. The van der Waals surface area contributed by atoms with Crippen LogP contribution in [0.25, 0.3) is 0 Å². The van der Waals surface area contributed by atoms with Gasteiger partial charge in [0, 0.05) is 38.8 Å². The van der Waals surface area contributed by atoms with Crippen LogP contribution in [0.15, 0.2) is 0 Å². The van der Waals surface area contributed by atoms with Crippen LogP contribution in [0.3, 0.4) is 0 Å². The Bertz CT molecular complexity index is 235. The van der Waals surface area contributed by atoms with Crippen LogP contribution in [-0.2, 0) is 0 Å². The van der Waals surface area contributed by atoms with E-state index in [4.69, 9.17) is 12.2 Å². The first-order valence-electron chi connectivity index (χ1n) is 6.81. The largest absolute Gasteiger partial charge is 0.362 e. The van der Waals surface area contributed by atoms with Gasteiger partial charge in [-0.3, -0.25) is 4.90 Å². The Morgan fingerprint density at radius 2 is 1.76 bits per heavy atom. The first-order valence-corrected chi connectivity index (χ1v) is 7.22. The molecule has 1 saturated heterocycles. The first-order chi connectivity index (χ1) is 8.04. The molecule has 0 bridgehead atoms. The number of nitrogens with one attached hydrogen (secondary N) is 1. The van der Waals surface area contributed by atoms with E-state index in [9.17, 15) is 0 Å². The molecule has 0 aromatic rings. The third-order valence-electron chi connectivity index (χ3n) is 3.48. The predicted molar refractivity (Wildman–Crippen MR) is 78.3 cm³/mol. The van der Waals surface area contributed by atoms with Gasteiger partial charge in [-0.05, 0) is 31.5 Å². The molecule has 4 heteroatoms. The molecule has 1 aliphatic rings. The molecule has 0 aliphatic carbocycles. The van der Waals surface area contributed by atoms with Gasteiger partial charge in [-0.15, -0.1) is 0 Å². The standard InChI is InChI=1S/C13H27N3S/c1-5-12(4)15-6-8-16(9-7-15)13(17)14-10-11(2)3/h11-12H,5-10H2,1-4H3,(H,14,17). The molecule has 0 spiro atoms. The van der Waals surface area contributed by atoms with E-state index in [1.54, 1.807) is 0 Å². The minimum absolute atomic E-state index is 0.648. The van der Waals surface area contributed by atoms with Gasteiger partial charge in [0.25, 0.3) is 0 Å². The highest BCUT2D eigenvalue weighted by Gasteiger charge is 2.21. The number of rotatable bonds is 4. The lowest BCUT2D eigenvalue weighted by Gasteiger charge is -2.39. The summed E-state index contributed by atoms with van der Waals surface area (Å²) in [4.78, 5) is 4.86. The van der Waals surface area contributed by atoms with Crippen molar-refractivity contribution in [1.82, 2.24) is 15.1 Å². The van der Waals surface area contributed by atoms with Gasteiger partial charge in [-0.25, -0.2) is 0 Å². The van der Waals surface area contributed by atoms with E-state index < -0.39 is 0 Å². The van der Waals surface area contributed by atoms with Crippen molar-refractivity contribution in [2.75, 3.05) is 32.7 Å². The Kier molecular flexibility index (Phi) is 6.20. The molecule has 17 heavy (non-hydrogen) atoms. The summed E-state index contributed by atoms with van der Waals surface area (Å²) in [7, 11) is 0. The molecule has 1 unspecified atom stereocenters. The number of nitrogens with zero attached hydrogens (tertiary/aromatic N) is 2. The molecule has 1 atom stereocenters. The monoisotopic (exact) mass is 257 g/mol. The minimum Gasteiger partial charge on any atom is -0.362 e. The average molecular weight is 257 g/mol. The molecule has 0 aromatic carbocycles. The molecular weight excluding hydrogens is 230 g/mol. The van der Waals surface area contributed by atoms with Crippen molar-refractivity contribution < 1.29 is 0 Å². The van der Waals surface area contributed by atoms with E-state index >= 15 is 0 Å². The molecule has 0 saturated carbocycles. The summed E-state index contributed by atoms with van der Waals surface area (Å²) < 4.78 is 0. The molecule has 1 N–H and O–H groups in total. The summed E-state index contributed by atoms with van der Waals surface area (Å²) in [5.74, 6) is 0.648. The normalized spacial score (nSPS) is 19.5. The second-order valence-corrected chi connectivity index (χ2v) is 5.75. The van der Waals surface area contributed by atoms with Gasteiger partial charge >= 0.3 is 0 Å². The van der Waals surface area contributed by atoms with Crippen molar-refractivity contribution in [3.8, 4) is 0 Å². The van der Waals surface area contributed by atoms with Gasteiger partial charge < -0.3 is 10.2 Å². The minimum atomic E-state index is 0.648. The maximum atomic E-state index is 5.42. The lowest BCUT2D eigenvalue weighted by Crippen LogP contribution is -2.53. The first kappa shape index (κ1) is 14.7. The topological polar surface area (TPSA) is 18.5 Å². The van der Waals surface area contributed by atoms with E-state index in [0.717, 1.165) is 37.8 Å². The summed E-state index contributed by atoms with van der Waals surface area (Å²) in [6, 6.07) is 0.703. The third kappa shape index (κ3) is 4.80. The zero-order valence-electron chi connectivity index (χ0n) is 11.7. The zero-order valence-corrected chi connectivity index (χ0v) is 12.5. The smallest absolute Gasteiger partial charge is 0.169 e. The second kappa shape index (κ2) is 7.17. The Morgan fingerprint density at radius 3 is 2.24 bits per heavy atom. The highest BCUT2D eigenvalue weighted by Crippen LogP contribution is 2.08. The quantitative estimate of drug-likeness (QED) is 0.776. The van der Waals surface area contributed by atoms with E-state index in [0.29, 0.717) is 12.0 Å². The number of piperazine rings is 1. The Labute approximate surface area is 112 Å². The van der Waals surface area contributed by atoms with Gasteiger partial charge in [0.1, 0.15) is 0 Å². The van der Waals surface area contributed by atoms with Gasteiger partial charge in [0.05, 0.1) is 0 Å². The van der Waals surface area contributed by atoms with Crippen LogP contribution in [0.4, 0.5) is 0 Å². The van der Waals surface area contributed by atoms with Crippen molar-refractivity contribution in [1.29, 1.82) is 0 Å². The van der Waals surface area contributed by atoms with E-state index in [1.807, 2.05) is 0 Å². The molecule has 1 fully saturated rings. The summed E-state index contributed by atoms with van der Waals surface area (Å²) in [5.41, 5.74) is 0. The molecule has 1 aliphatic heterocycles. The molecule has 3 nitrogen and oxygen atoms in total. The highest BCUT2D eigenvalue weighted by atomic mass is 32.1. The van der Waals surface area contributed by atoms with Gasteiger partial charge in [-0.2, -0.15) is 0 Å². The summed E-state index contributed by atoms with van der Waals surface area (Å²) in [6.45, 7) is 14.4. The SMILES string of the molecule is CCC(C)N1CCN(C(=S)NCC(C)C)CC1. The van der Waals surface area contributed by atoms with Crippen LogP contribution in [-0.4, -0.2) is 53.7 Å². The maximum absolute atomic E-state index is 5.42. The number of hydrogen-bond donors (Lipinski definition) is 1. The van der Waals surface area contributed by atoms with Gasteiger partial charge in [-0.1, -0.05) is 20.8 Å².